The molecule has 0 spiro atoms. The van der Waals surface area contributed by atoms with Crippen LogP contribution >= 0.6 is 0 Å². The topological polar surface area (TPSA) is 122 Å². The van der Waals surface area contributed by atoms with E-state index in [9.17, 15) is 23.1 Å². The van der Waals surface area contributed by atoms with E-state index in [0.29, 0.717) is 6.42 Å². The Morgan fingerprint density at radius 2 is 2.00 bits per heavy atom. The third kappa shape index (κ3) is 5.16. The summed E-state index contributed by atoms with van der Waals surface area (Å²) in [7, 11) is -4.31. The van der Waals surface area contributed by atoms with E-state index in [-0.39, 0.29) is 18.8 Å². The molecule has 0 bridgehead atoms. The first-order valence-corrected chi connectivity index (χ1v) is 8.30. The number of carboxylic acid groups (broad SMARTS) is 1. The maximum atomic E-state index is 11.9. The SMILES string of the molecule is CC1CCCC(NS(=O)(=O)NC(=O)OC(C)C)(C(=O)O)C1. The van der Waals surface area contributed by atoms with E-state index < -0.39 is 33.9 Å². The largest absolute Gasteiger partial charge is 0.480 e. The molecule has 1 rings (SSSR count). The van der Waals surface area contributed by atoms with Crippen LogP contribution < -0.4 is 9.44 Å². The van der Waals surface area contributed by atoms with E-state index in [4.69, 9.17) is 0 Å². The number of carboxylic acids is 1. The Hall–Kier alpha value is -1.35. The van der Waals surface area contributed by atoms with Gasteiger partial charge in [-0.15, -0.1) is 0 Å². The van der Waals surface area contributed by atoms with Crippen LogP contribution in [0.4, 0.5) is 4.79 Å². The summed E-state index contributed by atoms with van der Waals surface area (Å²) in [6, 6.07) is 0. The van der Waals surface area contributed by atoms with Gasteiger partial charge in [0.15, 0.2) is 0 Å². The summed E-state index contributed by atoms with van der Waals surface area (Å²) in [4.78, 5) is 22.8. The van der Waals surface area contributed by atoms with E-state index in [1.165, 1.54) is 0 Å². The van der Waals surface area contributed by atoms with Crippen molar-refractivity contribution in [3.8, 4) is 0 Å². The number of carbonyl (C=O) groups is 2. The molecule has 0 saturated heterocycles. The van der Waals surface area contributed by atoms with Crippen molar-refractivity contribution in [1.29, 1.82) is 0 Å². The van der Waals surface area contributed by atoms with Gasteiger partial charge in [-0.1, -0.05) is 19.8 Å². The summed E-state index contributed by atoms with van der Waals surface area (Å²) in [5.74, 6) is -1.16. The van der Waals surface area contributed by atoms with Crippen molar-refractivity contribution >= 4 is 22.3 Å². The van der Waals surface area contributed by atoms with Crippen LogP contribution in [0.15, 0.2) is 0 Å². The van der Waals surface area contributed by atoms with Gasteiger partial charge < -0.3 is 9.84 Å². The van der Waals surface area contributed by atoms with Crippen molar-refractivity contribution < 1.29 is 27.9 Å². The van der Waals surface area contributed by atoms with Gasteiger partial charge in [-0.3, -0.25) is 4.79 Å². The molecule has 3 N–H and O–H groups in total. The zero-order chi connectivity index (χ0) is 16.3. The average Bonchev–Trinajstić information content (AvgIpc) is 2.25. The number of ether oxygens (including phenoxy) is 1. The maximum Gasteiger partial charge on any atom is 0.422 e. The highest BCUT2D eigenvalue weighted by atomic mass is 32.2. The monoisotopic (exact) mass is 322 g/mol. The third-order valence-electron chi connectivity index (χ3n) is 3.30. The summed E-state index contributed by atoms with van der Waals surface area (Å²) in [5, 5.41) is 9.38. The Labute approximate surface area is 124 Å². The Morgan fingerprint density at radius 3 is 2.48 bits per heavy atom. The van der Waals surface area contributed by atoms with Crippen LogP contribution in [0.1, 0.15) is 46.5 Å². The predicted molar refractivity (Wildman–Crippen MR) is 74.8 cm³/mol. The number of rotatable bonds is 5. The number of carbonyl (C=O) groups excluding carboxylic acids is 1. The molecule has 1 saturated carbocycles. The second-order valence-corrected chi connectivity index (χ2v) is 7.17. The molecule has 2 unspecified atom stereocenters. The van der Waals surface area contributed by atoms with Gasteiger partial charge in [0.05, 0.1) is 6.10 Å². The molecule has 2 atom stereocenters. The Kier molecular flexibility index (Phi) is 5.57. The highest BCUT2D eigenvalue weighted by Crippen LogP contribution is 2.33. The van der Waals surface area contributed by atoms with Gasteiger partial charge in [-0.2, -0.15) is 13.1 Å². The van der Waals surface area contributed by atoms with Crippen LogP contribution in [0.3, 0.4) is 0 Å². The molecule has 1 fully saturated rings. The number of amides is 1. The molecule has 122 valence electrons. The molecule has 21 heavy (non-hydrogen) atoms. The van der Waals surface area contributed by atoms with E-state index in [2.05, 4.69) is 9.46 Å². The lowest BCUT2D eigenvalue weighted by Gasteiger charge is -2.36. The maximum absolute atomic E-state index is 11.9. The summed E-state index contributed by atoms with van der Waals surface area (Å²) in [6.07, 6.45) is 0.201. The van der Waals surface area contributed by atoms with Gasteiger partial charge in [0.1, 0.15) is 5.54 Å². The van der Waals surface area contributed by atoms with Crippen LogP contribution in [0.5, 0.6) is 0 Å². The summed E-state index contributed by atoms with van der Waals surface area (Å²) >= 11 is 0. The smallest absolute Gasteiger partial charge is 0.422 e. The quantitative estimate of drug-likeness (QED) is 0.694. The number of nitrogens with one attached hydrogen (secondary N) is 2. The molecule has 9 heteroatoms. The summed E-state index contributed by atoms with van der Waals surface area (Å²) in [5.41, 5.74) is -1.58. The Morgan fingerprint density at radius 1 is 1.38 bits per heavy atom. The lowest BCUT2D eigenvalue weighted by atomic mass is 9.77. The molecular weight excluding hydrogens is 300 g/mol. The molecular formula is C12H22N2O6S. The fourth-order valence-electron chi connectivity index (χ4n) is 2.51. The molecule has 1 amide bonds. The molecule has 0 radical (unpaired) electrons. The number of hydrogen-bond donors (Lipinski definition) is 3. The molecule has 0 aromatic rings. The standard InChI is InChI=1S/C12H22N2O6S/c1-8(2)20-11(17)13-21(18,19)14-12(10(15)16)6-4-5-9(3)7-12/h8-9,14H,4-7H2,1-3H3,(H,13,17)(H,15,16). The molecule has 0 heterocycles. The molecule has 0 aromatic carbocycles. The van der Waals surface area contributed by atoms with Crippen molar-refractivity contribution in [3.05, 3.63) is 0 Å². The van der Waals surface area contributed by atoms with Crippen LogP contribution in [-0.2, 0) is 19.7 Å². The molecule has 8 nitrogen and oxygen atoms in total. The van der Waals surface area contributed by atoms with E-state index >= 15 is 0 Å². The first kappa shape index (κ1) is 17.7. The predicted octanol–water partition coefficient (Wildman–Crippen LogP) is 0.989. The minimum absolute atomic E-state index is 0.0835. The second-order valence-electron chi connectivity index (χ2n) is 5.75. The average molecular weight is 322 g/mol. The lowest BCUT2D eigenvalue weighted by molar-refractivity contribution is -0.146. The van der Waals surface area contributed by atoms with Gasteiger partial charge in [-0.25, -0.2) is 9.52 Å². The molecule has 1 aliphatic carbocycles. The lowest BCUT2D eigenvalue weighted by Crippen LogP contribution is -2.59. The molecule has 0 aliphatic heterocycles. The van der Waals surface area contributed by atoms with E-state index in [1.54, 1.807) is 18.6 Å². The fourth-order valence-corrected chi connectivity index (χ4v) is 3.62. The highest BCUT2D eigenvalue weighted by Gasteiger charge is 2.45. The van der Waals surface area contributed by atoms with Crippen LogP contribution in [-0.4, -0.2) is 37.2 Å². The fraction of sp³-hybridized carbons (Fsp3) is 0.833. The van der Waals surface area contributed by atoms with Crippen LogP contribution in [0.2, 0.25) is 0 Å². The number of aliphatic carboxylic acids is 1. The van der Waals surface area contributed by atoms with Gasteiger partial charge >= 0.3 is 22.3 Å². The van der Waals surface area contributed by atoms with Crippen LogP contribution in [0, 0.1) is 5.92 Å². The third-order valence-corrected chi connectivity index (χ3v) is 4.39. The number of hydrogen-bond acceptors (Lipinski definition) is 5. The summed E-state index contributed by atoms with van der Waals surface area (Å²) in [6.45, 7) is 5.01. The van der Waals surface area contributed by atoms with Crippen molar-refractivity contribution in [2.75, 3.05) is 0 Å². The zero-order valence-electron chi connectivity index (χ0n) is 12.4. The van der Waals surface area contributed by atoms with Gasteiger partial charge in [0.2, 0.25) is 0 Å². The second kappa shape index (κ2) is 6.61. The molecule has 1 aliphatic rings. The van der Waals surface area contributed by atoms with Crippen molar-refractivity contribution in [2.24, 2.45) is 5.92 Å². The van der Waals surface area contributed by atoms with Gasteiger partial charge in [0, 0.05) is 0 Å². The van der Waals surface area contributed by atoms with Crippen LogP contribution in [0.25, 0.3) is 0 Å². The normalized spacial score (nSPS) is 26.4. The van der Waals surface area contributed by atoms with Crippen molar-refractivity contribution in [2.45, 2.75) is 58.1 Å². The van der Waals surface area contributed by atoms with E-state index in [0.717, 1.165) is 6.42 Å². The first-order chi connectivity index (χ1) is 9.56. The zero-order valence-corrected chi connectivity index (χ0v) is 13.2. The minimum Gasteiger partial charge on any atom is -0.480 e. The van der Waals surface area contributed by atoms with Crippen molar-refractivity contribution in [3.63, 3.8) is 0 Å². The van der Waals surface area contributed by atoms with Gasteiger partial charge in [0.25, 0.3) is 0 Å². The first-order valence-electron chi connectivity index (χ1n) is 6.82. The van der Waals surface area contributed by atoms with E-state index in [1.807, 2.05) is 6.92 Å². The van der Waals surface area contributed by atoms with Gasteiger partial charge in [-0.05, 0) is 32.6 Å². The molecule has 0 aromatic heterocycles. The van der Waals surface area contributed by atoms with Crippen molar-refractivity contribution in [1.82, 2.24) is 9.44 Å². The Bertz CT molecular complexity index is 504. The Balaban J connectivity index is 2.83. The minimum atomic E-state index is -4.31. The highest BCUT2D eigenvalue weighted by molar-refractivity contribution is 7.88. The summed E-state index contributed by atoms with van der Waals surface area (Å²) < 4.78 is 32.3.